The van der Waals surface area contributed by atoms with Crippen LogP contribution in [0.25, 0.3) is 0 Å². The maximum Gasteiger partial charge on any atom is -0.00203 e. The molecule has 0 aromatic rings. The second kappa shape index (κ2) is 7.69. The van der Waals surface area contributed by atoms with Crippen LogP contribution < -0.4 is 5.73 Å². The molecule has 1 unspecified atom stereocenters. The molecule has 13 heavy (non-hydrogen) atoms. The predicted molar refractivity (Wildman–Crippen MR) is 64.3 cm³/mol. The van der Waals surface area contributed by atoms with Gasteiger partial charge in [0.1, 0.15) is 0 Å². The molecule has 0 heterocycles. The molecule has 0 amide bonds. The van der Waals surface area contributed by atoms with E-state index in [0.29, 0.717) is 5.41 Å². The summed E-state index contributed by atoms with van der Waals surface area (Å²) in [4.78, 5) is 0. The maximum atomic E-state index is 5.89. The van der Waals surface area contributed by atoms with Gasteiger partial charge in [0, 0.05) is 0 Å². The Morgan fingerprint density at radius 1 is 1.23 bits per heavy atom. The molecule has 0 saturated heterocycles. The molecule has 0 saturated carbocycles. The van der Waals surface area contributed by atoms with Gasteiger partial charge < -0.3 is 5.73 Å². The first-order chi connectivity index (χ1) is 6.24. The van der Waals surface area contributed by atoms with Gasteiger partial charge in [-0.15, -0.1) is 0 Å². The van der Waals surface area contributed by atoms with E-state index in [1.165, 1.54) is 37.9 Å². The first-order valence-corrected chi connectivity index (χ1v) is 6.83. The first kappa shape index (κ1) is 13.3. The minimum atomic E-state index is 0.443. The summed E-state index contributed by atoms with van der Waals surface area (Å²) < 4.78 is 0. The summed E-state index contributed by atoms with van der Waals surface area (Å²) in [5, 5.41) is 0. The van der Waals surface area contributed by atoms with E-state index >= 15 is 0 Å². The monoisotopic (exact) mass is 203 g/mol. The van der Waals surface area contributed by atoms with Crippen molar-refractivity contribution in [2.75, 3.05) is 18.6 Å². The van der Waals surface area contributed by atoms with Gasteiger partial charge in [-0.05, 0) is 43.2 Å². The molecule has 2 heteroatoms. The van der Waals surface area contributed by atoms with Gasteiger partial charge in [-0.3, -0.25) is 0 Å². The molecule has 0 aliphatic rings. The predicted octanol–water partition coefficient (Wildman–Crippen LogP) is 3.28. The van der Waals surface area contributed by atoms with Crippen molar-refractivity contribution in [3.05, 3.63) is 0 Å². The van der Waals surface area contributed by atoms with Crippen LogP contribution >= 0.6 is 11.8 Å². The van der Waals surface area contributed by atoms with Crippen molar-refractivity contribution < 1.29 is 0 Å². The summed E-state index contributed by atoms with van der Waals surface area (Å²) in [6, 6.07) is 0. The number of thioether (sulfide) groups is 1. The standard InChI is InChI=1S/C11H25NS/c1-4-6-7-11(5-2,10-12)8-9-13-3/h4-10,12H2,1-3H3. The van der Waals surface area contributed by atoms with Crippen molar-refractivity contribution in [1.82, 2.24) is 0 Å². The zero-order chi connectivity index (χ0) is 10.2. The zero-order valence-corrected chi connectivity index (χ0v) is 10.3. The van der Waals surface area contributed by atoms with E-state index < -0.39 is 0 Å². The number of hydrogen-bond donors (Lipinski definition) is 1. The Morgan fingerprint density at radius 3 is 2.31 bits per heavy atom. The Balaban J connectivity index is 3.97. The van der Waals surface area contributed by atoms with Crippen LogP contribution in [0.15, 0.2) is 0 Å². The van der Waals surface area contributed by atoms with Gasteiger partial charge in [-0.2, -0.15) is 11.8 Å². The number of rotatable bonds is 8. The fourth-order valence-electron chi connectivity index (χ4n) is 1.70. The quantitative estimate of drug-likeness (QED) is 0.655. The Kier molecular flexibility index (Phi) is 7.87. The van der Waals surface area contributed by atoms with Crippen LogP contribution in [0.5, 0.6) is 0 Å². The van der Waals surface area contributed by atoms with E-state index in [0.717, 1.165) is 6.54 Å². The molecule has 0 radical (unpaired) electrons. The average molecular weight is 203 g/mol. The molecule has 80 valence electrons. The summed E-state index contributed by atoms with van der Waals surface area (Å²) in [5.74, 6) is 1.26. The zero-order valence-electron chi connectivity index (χ0n) is 9.44. The van der Waals surface area contributed by atoms with Crippen LogP contribution in [0.2, 0.25) is 0 Å². The van der Waals surface area contributed by atoms with Gasteiger partial charge in [-0.1, -0.05) is 26.7 Å². The lowest BCUT2D eigenvalue weighted by molar-refractivity contribution is 0.245. The SMILES string of the molecule is CCCCC(CC)(CN)CCSC. The Labute approximate surface area is 87.9 Å². The highest BCUT2D eigenvalue weighted by Gasteiger charge is 2.24. The average Bonchev–Trinajstić information content (AvgIpc) is 2.20. The van der Waals surface area contributed by atoms with Crippen molar-refractivity contribution in [1.29, 1.82) is 0 Å². The second-order valence-corrected chi connectivity index (χ2v) is 4.89. The largest absolute Gasteiger partial charge is 0.330 e. The fourth-order valence-corrected chi connectivity index (χ4v) is 2.33. The summed E-state index contributed by atoms with van der Waals surface area (Å²) in [6.07, 6.45) is 8.65. The van der Waals surface area contributed by atoms with Gasteiger partial charge >= 0.3 is 0 Å². The lowest BCUT2D eigenvalue weighted by Crippen LogP contribution is -2.30. The smallest absolute Gasteiger partial charge is 0.00203 e. The van der Waals surface area contributed by atoms with Gasteiger partial charge in [0.05, 0.1) is 0 Å². The molecule has 0 spiro atoms. The summed E-state index contributed by atoms with van der Waals surface area (Å²) >= 11 is 1.94. The molecule has 0 aliphatic heterocycles. The number of unbranched alkanes of at least 4 members (excludes halogenated alkanes) is 1. The minimum absolute atomic E-state index is 0.443. The van der Waals surface area contributed by atoms with E-state index in [1.54, 1.807) is 0 Å². The van der Waals surface area contributed by atoms with E-state index in [2.05, 4.69) is 20.1 Å². The molecule has 1 atom stereocenters. The highest BCUT2D eigenvalue weighted by Crippen LogP contribution is 2.32. The van der Waals surface area contributed by atoms with E-state index in [4.69, 9.17) is 5.73 Å². The third-order valence-corrected chi connectivity index (χ3v) is 3.69. The molecule has 2 N–H and O–H groups in total. The molecule has 0 rings (SSSR count). The van der Waals surface area contributed by atoms with Crippen LogP contribution in [-0.2, 0) is 0 Å². The molecular weight excluding hydrogens is 178 g/mol. The minimum Gasteiger partial charge on any atom is -0.330 e. The van der Waals surface area contributed by atoms with Crippen molar-refractivity contribution in [3.63, 3.8) is 0 Å². The molecular formula is C11H25NS. The highest BCUT2D eigenvalue weighted by atomic mass is 32.2. The van der Waals surface area contributed by atoms with Crippen LogP contribution in [0, 0.1) is 5.41 Å². The van der Waals surface area contributed by atoms with E-state index in [-0.39, 0.29) is 0 Å². The molecule has 1 nitrogen and oxygen atoms in total. The summed E-state index contributed by atoms with van der Waals surface area (Å²) in [5.41, 5.74) is 6.33. The second-order valence-electron chi connectivity index (χ2n) is 3.90. The molecule has 0 aromatic heterocycles. The maximum absolute atomic E-state index is 5.89. The highest BCUT2D eigenvalue weighted by molar-refractivity contribution is 7.98. The van der Waals surface area contributed by atoms with Gasteiger partial charge in [0.25, 0.3) is 0 Å². The Bertz CT molecular complexity index is 101. The van der Waals surface area contributed by atoms with Crippen LogP contribution in [0.4, 0.5) is 0 Å². The van der Waals surface area contributed by atoms with Crippen molar-refractivity contribution in [2.45, 2.75) is 46.0 Å². The first-order valence-electron chi connectivity index (χ1n) is 5.43. The van der Waals surface area contributed by atoms with E-state index in [1.807, 2.05) is 11.8 Å². The fraction of sp³-hybridized carbons (Fsp3) is 1.00. The lowest BCUT2D eigenvalue weighted by atomic mass is 9.78. The molecule has 0 aliphatic carbocycles. The van der Waals surface area contributed by atoms with Crippen LogP contribution in [-0.4, -0.2) is 18.6 Å². The van der Waals surface area contributed by atoms with Gasteiger partial charge in [0.2, 0.25) is 0 Å². The topological polar surface area (TPSA) is 26.0 Å². The summed E-state index contributed by atoms with van der Waals surface area (Å²) in [6.45, 7) is 5.40. The Morgan fingerprint density at radius 2 is 1.92 bits per heavy atom. The Hall–Kier alpha value is 0.310. The molecule has 0 bridgehead atoms. The third kappa shape index (κ3) is 4.92. The normalized spacial score (nSPS) is 15.7. The van der Waals surface area contributed by atoms with Crippen molar-refractivity contribution in [3.8, 4) is 0 Å². The molecule has 0 aromatic carbocycles. The lowest BCUT2D eigenvalue weighted by Gasteiger charge is -2.31. The number of hydrogen-bond acceptors (Lipinski definition) is 2. The summed E-state index contributed by atoms with van der Waals surface area (Å²) in [7, 11) is 0. The van der Waals surface area contributed by atoms with Crippen LogP contribution in [0.3, 0.4) is 0 Å². The van der Waals surface area contributed by atoms with Crippen molar-refractivity contribution in [2.24, 2.45) is 11.1 Å². The third-order valence-electron chi connectivity index (χ3n) is 3.08. The van der Waals surface area contributed by atoms with Gasteiger partial charge in [-0.25, -0.2) is 0 Å². The van der Waals surface area contributed by atoms with E-state index in [9.17, 15) is 0 Å². The molecule has 0 fully saturated rings. The van der Waals surface area contributed by atoms with Crippen LogP contribution in [0.1, 0.15) is 46.0 Å². The van der Waals surface area contributed by atoms with Gasteiger partial charge in [0.15, 0.2) is 0 Å². The van der Waals surface area contributed by atoms with Crippen molar-refractivity contribution >= 4 is 11.8 Å². The number of nitrogens with two attached hydrogens (primary N) is 1.